The first kappa shape index (κ1) is 12.7. The number of hydrogen-bond donors (Lipinski definition) is 0. The number of halogens is 6. The highest BCUT2D eigenvalue weighted by Crippen LogP contribution is 2.30. The molecule has 0 nitrogen and oxygen atoms in total. The third kappa shape index (κ3) is 3.59. The predicted octanol–water partition coefficient (Wildman–Crippen LogP) is 4.83. The Hall–Kier alpha value is -0.380. The molecule has 1 aromatic carbocycles. The summed E-state index contributed by atoms with van der Waals surface area (Å²) in [6, 6.07) is 3.95. The van der Waals surface area contributed by atoms with Crippen LogP contribution in [0.2, 0.25) is 10.0 Å². The maximum atomic E-state index is 12.0. The Balaban J connectivity index is 3.04. The molecule has 15 heavy (non-hydrogen) atoms. The zero-order chi connectivity index (χ0) is 11.6. The fourth-order valence-corrected chi connectivity index (χ4v) is 1.18. The molecule has 0 saturated heterocycles. The van der Waals surface area contributed by atoms with Gasteiger partial charge in [-0.1, -0.05) is 40.9 Å². The summed E-state index contributed by atoms with van der Waals surface area (Å²) in [5, 5.41) is -0.931. The molecule has 0 aliphatic carbocycles. The number of rotatable bonds is 1. The van der Waals surface area contributed by atoms with E-state index in [0.717, 1.165) is 0 Å². The average molecular weight is 274 g/mol. The van der Waals surface area contributed by atoms with Crippen molar-refractivity contribution >= 4 is 34.8 Å². The van der Waals surface area contributed by atoms with Gasteiger partial charge in [0.2, 0.25) is 0 Å². The summed E-state index contributed by atoms with van der Waals surface area (Å²) >= 11 is 16.2. The summed E-state index contributed by atoms with van der Waals surface area (Å²) in [5.74, 6) is 0. The molecule has 0 atom stereocenters. The minimum Gasteiger partial charge on any atom is -0.165 e. The fraction of sp³-hybridized carbons (Fsp3) is 0.111. The van der Waals surface area contributed by atoms with Gasteiger partial charge >= 0.3 is 6.18 Å². The van der Waals surface area contributed by atoms with Gasteiger partial charge in [0, 0.05) is 6.08 Å². The normalized spacial score (nSPS) is 13.1. The molecular formula is C9H3Cl3F3. The highest BCUT2D eigenvalue weighted by atomic mass is 35.5. The highest BCUT2D eigenvalue weighted by Gasteiger charge is 2.32. The van der Waals surface area contributed by atoms with Crippen LogP contribution in [0, 0.1) is 6.08 Å². The second-order valence-corrected chi connectivity index (χ2v) is 3.76. The van der Waals surface area contributed by atoms with Crippen LogP contribution in [0.3, 0.4) is 0 Å². The zero-order valence-corrected chi connectivity index (χ0v) is 9.27. The van der Waals surface area contributed by atoms with Gasteiger partial charge in [-0.25, -0.2) is 0 Å². The molecule has 6 heteroatoms. The topological polar surface area (TPSA) is 0 Å². The van der Waals surface area contributed by atoms with Gasteiger partial charge in [0.1, 0.15) is 5.03 Å². The zero-order valence-electron chi connectivity index (χ0n) is 7.00. The van der Waals surface area contributed by atoms with Crippen molar-refractivity contribution in [3.8, 4) is 0 Å². The molecule has 1 radical (unpaired) electrons. The molecule has 0 aliphatic rings. The maximum Gasteiger partial charge on any atom is 0.427 e. The molecule has 0 amide bonds. The van der Waals surface area contributed by atoms with E-state index >= 15 is 0 Å². The van der Waals surface area contributed by atoms with Crippen molar-refractivity contribution in [2.45, 2.75) is 6.18 Å². The number of hydrogen-bond acceptors (Lipinski definition) is 0. The smallest absolute Gasteiger partial charge is 0.165 e. The first-order valence-corrected chi connectivity index (χ1v) is 4.76. The van der Waals surface area contributed by atoms with Crippen molar-refractivity contribution in [1.29, 1.82) is 0 Å². The lowest BCUT2D eigenvalue weighted by molar-refractivity contribution is -0.0849. The number of benzene rings is 1. The van der Waals surface area contributed by atoms with Crippen molar-refractivity contribution < 1.29 is 13.2 Å². The minimum atomic E-state index is -4.60. The molecular weight excluding hydrogens is 271 g/mol. The molecule has 1 rings (SSSR count). The molecule has 0 N–H and O–H groups in total. The quantitative estimate of drug-likeness (QED) is 0.688. The monoisotopic (exact) mass is 273 g/mol. The molecule has 0 unspecified atom stereocenters. The van der Waals surface area contributed by atoms with Crippen LogP contribution in [0.25, 0.3) is 0 Å². The van der Waals surface area contributed by atoms with Crippen LogP contribution in [0.1, 0.15) is 5.56 Å². The van der Waals surface area contributed by atoms with E-state index in [0.29, 0.717) is 0 Å². The fourth-order valence-electron chi connectivity index (χ4n) is 0.771. The third-order valence-electron chi connectivity index (χ3n) is 1.42. The largest absolute Gasteiger partial charge is 0.427 e. The first-order chi connectivity index (χ1) is 6.80. The Bertz CT molecular complexity index is 396. The van der Waals surface area contributed by atoms with E-state index in [1.165, 1.54) is 18.2 Å². The van der Waals surface area contributed by atoms with E-state index in [4.69, 9.17) is 34.8 Å². The summed E-state index contributed by atoms with van der Waals surface area (Å²) < 4.78 is 36.1. The molecule has 0 saturated carbocycles. The van der Waals surface area contributed by atoms with Crippen LogP contribution < -0.4 is 0 Å². The lowest BCUT2D eigenvalue weighted by Crippen LogP contribution is -2.07. The van der Waals surface area contributed by atoms with Gasteiger partial charge in [-0.3, -0.25) is 0 Å². The molecule has 81 valence electrons. The Kier molecular flexibility index (Phi) is 3.93. The molecule has 0 aliphatic heterocycles. The second-order valence-electron chi connectivity index (χ2n) is 2.57. The SMILES string of the molecule is FC(F)(F)C(Cl)=[C]c1ccc(Cl)c(Cl)c1. The summed E-state index contributed by atoms with van der Waals surface area (Å²) in [6.07, 6.45) is -2.64. The van der Waals surface area contributed by atoms with Gasteiger partial charge in [-0.05, 0) is 17.7 Å². The first-order valence-electron chi connectivity index (χ1n) is 3.62. The van der Waals surface area contributed by atoms with Crippen molar-refractivity contribution in [2.75, 3.05) is 0 Å². The average Bonchev–Trinajstić information content (AvgIpc) is 2.10. The van der Waals surface area contributed by atoms with Crippen molar-refractivity contribution in [2.24, 2.45) is 0 Å². The van der Waals surface area contributed by atoms with Crippen molar-refractivity contribution in [3.05, 3.63) is 44.9 Å². The van der Waals surface area contributed by atoms with E-state index in [1.54, 1.807) is 0 Å². The maximum absolute atomic E-state index is 12.0. The molecule has 0 fully saturated rings. The summed E-state index contributed by atoms with van der Waals surface area (Å²) in [5.41, 5.74) is 0.117. The van der Waals surface area contributed by atoms with Gasteiger partial charge in [0.05, 0.1) is 10.0 Å². The second kappa shape index (κ2) is 4.64. The lowest BCUT2D eigenvalue weighted by atomic mass is 10.2. The molecule has 0 spiro atoms. The van der Waals surface area contributed by atoms with E-state index in [1.807, 2.05) is 6.08 Å². The van der Waals surface area contributed by atoms with Crippen LogP contribution in [0.4, 0.5) is 13.2 Å². The van der Waals surface area contributed by atoms with E-state index in [9.17, 15) is 13.2 Å². The third-order valence-corrected chi connectivity index (χ3v) is 2.47. The van der Waals surface area contributed by atoms with Crippen molar-refractivity contribution in [1.82, 2.24) is 0 Å². The highest BCUT2D eigenvalue weighted by molar-refractivity contribution is 6.42. The van der Waals surface area contributed by atoms with Gasteiger partial charge in [-0.2, -0.15) is 13.2 Å². The number of allylic oxidation sites excluding steroid dienone is 1. The summed E-state index contributed by atoms with van der Waals surface area (Å²) in [6.45, 7) is 0. The van der Waals surface area contributed by atoms with Crippen LogP contribution in [-0.2, 0) is 0 Å². The molecule has 0 aromatic heterocycles. The van der Waals surface area contributed by atoms with Crippen LogP contribution in [0.15, 0.2) is 23.2 Å². The predicted molar refractivity (Wildman–Crippen MR) is 54.2 cm³/mol. The van der Waals surface area contributed by atoms with Gasteiger partial charge in [0.25, 0.3) is 0 Å². The summed E-state index contributed by atoms with van der Waals surface area (Å²) in [7, 11) is 0. The van der Waals surface area contributed by atoms with Crippen LogP contribution >= 0.6 is 34.8 Å². The molecule has 0 heterocycles. The van der Waals surface area contributed by atoms with Crippen LogP contribution in [0.5, 0.6) is 0 Å². The minimum absolute atomic E-state index is 0.117. The number of alkyl halides is 3. The van der Waals surface area contributed by atoms with E-state index < -0.39 is 11.2 Å². The molecule has 1 aromatic rings. The van der Waals surface area contributed by atoms with Gasteiger partial charge in [-0.15, -0.1) is 0 Å². The van der Waals surface area contributed by atoms with E-state index in [2.05, 4.69) is 0 Å². The lowest BCUT2D eigenvalue weighted by Gasteiger charge is -2.03. The van der Waals surface area contributed by atoms with Crippen LogP contribution in [-0.4, -0.2) is 6.18 Å². The van der Waals surface area contributed by atoms with Crippen molar-refractivity contribution in [3.63, 3.8) is 0 Å². The Morgan fingerprint density at radius 2 is 1.73 bits per heavy atom. The Labute approximate surface area is 99.2 Å². The summed E-state index contributed by atoms with van der Waals surface area (Å²) in [4.78, 5) is 0. The standard InChI is InChI=1S/C9H3Cl3F3/c10-6-2-1-5(3-7(6)11)4-8(12)9(13,14)15/h1-3H. The Morgan fingerprint density at radius 1 is 1.13 bits per heavy atom. The van der Waals surface area contributed by atoms with E-state index in [-0.39, 0.29) is 15.6 Å². The molecule has 0 bridgehead atoms. The van der Waals surface area contributed by atoms with Gasteiger partial charge in [0.15, 0.2) is 0 Å². The Morgan fingerprint density at radius 3 is 2.20 bits per heavy atom. The van der Waals surface area contributed by atoms with Gasteiger partial charge < -0.3 is 0 Å².